The molecule has 1 aliphatic heterocycles. The summed E-state index contributed by atoms with van der Waals surface area (Å²) in [5.41, 5.74) is 2.78. The molecule has 1 aliphatic rings. The van der Waals surface area contributed by atoms with Crippen LogP contribution in [0.5, 0.6) is 0 Å². The maximum Gasteiger partial charge on any atom is 0.240 e. The first-order chi connectivity index (χ1) is 13.8. The summed E-state index contributed by atoms with van der Waals surface area (Å²) in [5.74, 6) is -0.395. The molecule has 1 N–H and O–H groups in total. The van der Waals surface area contributed by atoms with Gasteiger partial charge in [0.05, 0.1) is 22.0 Å². The lowest BCUT2D eigenvalue weighted by molar-refractivity contribution is -0.119. The van der Waals surface area contributed by atoms with Gasteiger partial charge in [0.1, 0.15) is 6.54 Å². The second kappa shape index (κ2) is 9.24. The van der Waals surface area contributed by atoms with Crippen LogP contribution in [0.2, 0.25) is 10.0 Å². The number of amides is 1. The van der Waals surface area contributed by atoms with Crippen molar-refractivity contribution in [1.82, 2.24) is 5.32 Å². The van der Waals surface area contributed by atoms with Crippen LogP contribution in [-0.4, -0.2) is 46.8 Å². The molecule has 1 heterocycles. The Morgan fingerprint density at radius 3 is 2.69 bits per heavy atom. The highest BCUT2D eigenvalue weighted by Gasteiger charge is 2.24. The number of halogens is 2. The molecule has 0 fully saturated rings. The molecule has 0 aromatic heterocycles. The average Bonchev–Trinajstić information content (AvgIpc) is 3.08. The van der Waals surface area contributed by atoms with Crippen molar-refractivity contribution < 1.29 is 13.2 Å². The van der Waals surface area contributed by atoms with Gasteiger partial charge in [-0.3, -0.25) is 9.10 Å². The molecule has 2 aromatic rings. The van der Waals surface area contributed by atoms with Crippen LogP contribution in [0.3, 0.4) is 0 Å². The van der Waals surface area contributed by atoms with Crippen LogP contribution in [-0.2, 0) is 21.2 Å². The van der Waals surface area contributed by atoms with Crippen LogP contribution in [0.1, 0.15) is 12.0 Å². The Labute approximate surface area is 181 Å². The summed E-state index contributed by atoms with van der Waals surface area (Å²) in [7, 11) is -3.71. The first-order valence-electron chi connectivity index (χ1n) is 9.28. The molecule has 156 valence electrons. The number of carbonyl (C=O) groups is 1. The van der Waals surface area contributed by atoms with Gasteiger partial charge in [-0.05, 0) is 36.6 Å². The number of nitrogens with one attached hydrogen (secondary N) is 1. The fourth-order valence-corrected chi connectivity index (χ4v) is 4.70. The summed E-state index contributed by atoms with van der Waals surface area (Å²) >= 11 is 12.1. The van der Waals surface area contributed by atoms with Gasteiger partial charge >= 0.3 is 0 Å². The molecular weight excluding hydrogens is 433 g/mol. The van der Waals surface area contributed by atoms with Crippen molar-refractivity contribution in [2.45, 2.75) is 12.8 Å². The molecular formula is C20H23Cl2N3O3S. The van der Waals surface area contributed by atoms with Crippen LogP contribution >= 0.6 is 23.2 Å². The third-order valence-electron chi connectivity index (χ3n) is 4.80. The van der Waals surface area contributed by atoms with Crippen LogP contribution in [0.4, 0.5) is 11.4 Å². The number of hydrogen-bond donors (Lipinski definition) is 1. The average molecular weight is 456 g/mol. The van der Waals surface area contributed by atoms with Gasteiger partial charge < -0.3 is 10.2 Å². The van der Waals surface area contributed by atoms with Crippen molar-refractivity contribution in [1.29, 1.82) is 0 Å². The van der Waals surface area contributed by atoms with Gasteiger partial charge in [-0.25, -0.2) is 8.42 Å². The highest BCUT2D eigenvalue weighted by molar-refractivity contribution is 7.92. The van der Waals surface area contributed by atoms with Gasteiger partial charge in [0.25, 0.3) is 0 Å². The third kappa shape index (κ3) is 5.35. The Bertz CT molecular complexity index is 998. The third-order valence-corrected chi connectivity index (χ3v) is 6.73. The molecule has 9 heteroatoms. The lowest BCUT2D eigenvalue weighted by Crippen LogP contribution is -2.41. The first kappa shape index (κ1) is 21.7. The van der Waals surface area contributed by atoms with E-state index in [0.717, 1.165) is 36.5 Å². The molecule has 0 radical (unpaired) electrons. The Balaban J connectivity index is 1.54. The van der Waals surface area contributed by atoms with Crippen LogP contribution in [0.25, 0.3) is 0 Å². The fraction of sp³-hybridized carbons (Fsp3) is 0.350. The maximum atomic E-state index is 12.4. The number of nitrogens with zero attached hydrogens (tertiary/aromatic N) is 2. The van der Waals surface area contributed by atoms with Crippen molar-refractivity contribution in [2.75, 3.05) is 41.6 Å². The van der Waals surface area contributed by atoms with E-state index >= 15 is 0 Å². The molecule has 0 bridgehead atoms. The van der Waals surface area contributed by atoms with E-state index in [9.17, 15) is 13.2 Å². The van der Waals surface area contributed by atoms with E-state index in [0.29, 0.717) is 6.54 Å². The molecule has 3 rings (SSSR count). The minimum atomic E-state index is -3.71. The van der Waals surface area contributed by atoms with E-state index < -0.39 is 15.9 Å². The summed E-state index contributed by atoms with van der Waals surface area (Å²) in [4.78, 5) is 14.7. The summed E-state index contributed by atoms with van der Waals surface area (Å²) in [5, 5.41) is 3.11. The molecule has 0 aliphatic carbocycles. The number of benzene rings is 2. The Morgan fingerprint density at radius 2 is 1.93 bits per heavy atom. The van der Waals surface area contributed by atoms with E-state index in [4.69, 9.17) is 23.2 Å². The zero-order valence-electron chi connectivity index (χ0n) is 16.1. The SMILES string of the molecule is CS(=O)(=O)N(CC(=O)NCCCN1CCc2ccccc21)c1cccc(Cl)c1Cl. The van der Waals surface area contributed by atoms with Gasteiger partial charge in [0.15, 0.2) is 0 Å². The summed E-state index contributed by atoms with van der Waals surface area (Å²) in [6.07, 6.45) is 2.82. The number of carbonyl (C=O) groups excluding carboxylic acids is 1. The fourth-order valence-electron chi connectivity index (χ4n) is 3.39. The largest absolute Gasteiger partial charge is 0.371 e. The van der Waals surface area contributed by atoms with Crippen molar-refractivity contribution >= 4 is 50.5 Å². The number of para-hydroxylation sites is 1. The van der Waals surface area contributed by atoms with Gasteiger partial charge in [0.2, 0.25) is 15.9 Å². The lowest BCUT2D eigenvalue weighted by atomic mass is 10.2. The minimum Gasteiger partial charge on any atom is -0.371 e. The maximum absolute atomic E-state index is 12.4. The first-order valence-corrected chi connectivity index (χ1v) is 11.9. The van der Waals surface area contributed by atoms with Gasteiger partial charge in [0, 0.05) is 25.3 Å². The Morgan fingerprint density at radius 1 is 1.17 bits per heavy atom. The number of fused-ring (bicyclic) bond motifs is 1. The molecule has 0 saturated carbocycles. The van der Waals surface area contributed by atoms with Crippen molar-refractivity contribution in [2.24, 2.45) is 0 Å². The summed E-state index contributed by atoms with van der Waals surface area (Å²) in [6.45, 7) is 1.90. The van der Waals surface area contributed by atoms with Crippen LogP contribution < -0.4 is 14.5 Å². The monoisotopic (exact) mass is 455 g/mol. The van der Waals surface area contributed by atoms with E-state index in [-0.39, 0.29) is 22.3 Å². The predicted octanol–water partition coefficient (Wildman–Crippen LogP) is 3.33. The quantitative estimate of drug-likeness (QED) is 0.619. The molecule has 6 nitrogen and oxygen atoms in total. The second-order valence-corrected chi connectivity index (χ2v) is 9.60. The summed E-state index contributed by atoms with van der Waals surface area (Å²) in [6, 6.07) is 13.0. The normalized spacial score (nSPS) is 13.3. The topological polar surface area (TPSA) is 69.7 Å². The van der Waals surface area contributed by atoms with E-state index in [1.165, 1.54) is 17.3 Å². The predicted molar refractivity (Wildman–Crippen MR) is 119 cm³/mol. The van der Waals surface area contributed by atoms with Gasteiger partial charge in [-0.2, -0.15) is 0 Å². The van der Waals surface area contributed by atoms with Gasteiger partial charge in [-0.1, -0.05) is 47.5 Å². The van der Waals surface area contributed by atoms with Crippen molar-refractivity contribution in [3.8, 4) is 0 Å². The molecule has 0 spiro atoms. The van der Waals surface area contributed by atoms with E-state index in [2.05, 4.69) is 22.3 Å². The standard InChI is InChI=1S/C20H23Cl2N3O3S/c1-29(27,28)25(18-9-4-7-16(21)20(18)22)14-19(26)23-11-5-12-24-13-10-15-6-2-3-8-17(15)24/h2-4,6-9H,5,10-14H2,1H3,(H,23,26). The minimum absolute atomic E-state index is 0.0973. The van der Waals surface area contributed by atoms with Crippen LogP contribution in [0, 0.1) is 0 Å². The molecule has 0 saturated heterocycles. The lowest BCUT2D eigenvalue weighted by Gasteiger charge is -2.23. The number of sulfonamides is 1. The zero-order valence-corrected chi connectivity index (χ0v) is 18.4. The summed E-state index contributed by atoms with van der Waals surface area (Å²) < 4.78 is 25.3. The number of anilines is 2. The second-order valence-electron chi connectivity index (χ2n) is 6.91. The van der Waals surface area contributed by atoms with Crippen molar-refractivity contribution in [3.63, 3.8) is 0 Å². The Hall–Kier alpha value is -1.96. The van der Waals surface area contributed by atoms with Gasteiger partial charge in [-0.15, -0.1) is 0 Å². The van der Waals surface area contributed by atoms with Crippen LogP contribution in [0.15, 0.2) is 42.5 Å². The number of rotatable bonds is 8. The molecule has 29 heavy (non-hydrogen) atoms. The highest BCUT2D eigenvalue weighted by Crippen LogP contribution is 2.33. The molecule has 1 amide bonds. The van der Waals surface area contributed by atoms with E-state index in [1.54, 1.807) is 12.1 Å². The smallest absolute Gasteiger partial charge is 0.240 e. The zero-order chi connectivity index (χ0) is 21.0. The molecule has 0 atom stereocenters. The Kier molecular flexibility index (Phi) is 6.93. The molecule has 2 aromatic carbocycles. The number of hydrogen-bond acceptors (Lipinski definition) is 4. The van der Waals surface area contributed by atoms with E-state index in [1.807, 2.05) is 12.1 Å². The van der Waals surface area contributed by atoms with Crippen molar-refractivity contribution in [3.05, 3.63) is 58.1 Å². The highest BCUT2D eigenvalue weighted by atomic mass is 35.5. The molecule has 0 unspecified atom stereocenters.